The van der Waals surface area contributed by atoms with E-state index in [1.165, 1.54) is 19.5 Å². The average Bonchev–Trinajstić information content (AvgIpc) is 2.28. The summed E-state index contributed by atoms with van der Waals surface area (Å²) in [7, 11) is 1.30. The number of ether oxygens (including phenoxy) is 2. The van der Waals surface area contributed by atoms with Gasteiger partial charge in [-0.3, -0.25) is 0 Å². The second-order valence-electron chi connectivity index (χ2n) is 3.80. The van der Waals surface area contributed by atoms with Gasteiger partial charge in [0.25, 0.3) is 0 Å². The lowest BCUT2D eigenvalue weighted by atomic mass is 10.1. The Morgan fingerprint density at radius 1 is 1.25 bits per heavy atom. The van der Waals surface area contributed by atoms with Crippen molar-refractivity contribution in [1.29, 1.82) is 0 Å². The molecule has 16 heavy (non-hydrogen) atoms. The van der Waals surface area contributed by atoms with E-state index in [0.29, 0.717) is 11.8 Å². The van der Waals surface area contributed by atoms with Crippen molar-refractivity contribution < 1.29 is 14.3 Å². The lowest BCUT2D eigenvalue weighted by Crippen LogP contribution is -2.19. The monoisotopic (exact) mass is 224 g/mol. The van der Waals surface area contributed by atoms with Gasteiger partial charge >= 0.3 is 5.97 Å². The number of hydrogen-bond donors (Lipinski definition) is 0. The van der Waals surface area contributed by atoms with Gasteiger partial charge in [-0.05, 0) is 12.8 Å². The molecule has 0 spiro atoms. The van der Waals surface area contributed by atoms with E-state index in [0.717, 1.165) is 0 Å². The van der Waals surface area contributed by atoms with Crippen LogP contribution in [0.1, 0.15) is 31.3 Å². The summed E-state index contributed by atoms with van der Waals surface area (Å²) in [6, 6.07) is 0. The van der Waals surface area contributed by atoms with Gasteiger partial charge in [-0.1, -0.05) is 13.8 Å². The van der Waals surface area contributed by atoms with E-state index >= 15 is 0 Å². The molecule has 1 aromatic rings. The van der Waals surface area contributed by atoms with Crippen molar-refractivity contribution in [2.24, 2.45) is 5.92 Å². The summed E-state index contributed by atoms with van der Waals surface area (Å²) in [6.45, 7) is 6.07. The molecule has 0 N–H and O–H groups in total. The Morgan fingerprint density at radius 3 is 2.38 bits per heavy atom. The van der Waals surface area contributed by atoms with E-state index in [-0.39, 0.29) is 11.8 Å². The van der Waals surface area contributed by atoms with Gasteiger partial charge in [0.05, 0.1) is 25.6 Å². The molecular weight excluding hydrogens is 208 g/mol. The first-order valence-corrected chi connectivity index (χ1v) is 5.11. The van der Waals surface area contributed by atoms with Crippen LogP contribution in [0.15, 0.2) is 12.4 Å². The van der Waals surface area contributed by atoms with Crippen LogP contribution in [0.25, 0.3) is 0 Å². The number of esters is 1. The van der Waals surface area contributed by atoms with Crippen LogP contribution in [0, 0.1) is 5.92 Å². The molecule has 0 radical (unpaired) electrons. The van der Waals surface area contributed by atoms with Gasteiger partial charge in [-0.2, -0.15) is 0 Å². The van der Waals surface area contributed by atoms with Crippen molar-refractivity contribution in [3.8, 4) is 5.88 Å². The maximum Gasteiger partial charge on any atom is 0.358 e. The normalized spacial score (nSPS) is 12.3. The van der Waals surface area contributed by atoms with Crippen molar-refractivity contribution >= 4 is 5.97 Å². The Morgan fingerprint density at radius 2 is 1.94 bits per heavy atom. The molecule has 1 unspecified atom stereocenters. The minimum Gasteiger partial charge on any atom is -0.473 e. The minimum atomic E-state index is -0.504. The second-order valence-corrected chi connectivity index (χ2v) is 3.80. The largest absolute Gasteiger partial charge is 0.473 e. The average molecular weight is 224 g/mol. The molecule has 1 rings (SSSR count). The van der Waals surface area contributed by atoms with Crippen LogP contribution in [0.3, 0.4) is 0 Å². The summed E-state index contributed by atoms with van der Waals surface area (Å²) in [5, 5.41) is 0. The number of carbonyl (C=O) groups excluding carboxylic acids is 1. The third-order valence-electron chi connectivity index (χ3n) is 2.27. The van der Waals surface area contributed by atoms with Crippen LogP contribution in [-0.2, 0) is 4.74 Å². The fourth-order valence-electron chi connectivity index (χ4n) is 0.914. The van der Waals surface area contributed by atoms with Crippen molar-refractivity contribution in [2.45, 2.75) is 26.9 Å². The first kappa shape index (κ1) is 12.4. The van der Waals surface area contributed by atoms with E-state index in [9.17, 15) is 4.79 Å². The highest BCUT2D eigenvalue weighted by Crippen LogP contribution is 2.11. The molecule has 0 saturated heterocycles. The predicted molar refractivity (Wildman–Crippen MR) is 58.3 cm³/mol. The quantitative estimate of drug-likeness (QED) is 0.728. The minimum absolute atomic E-state index is 0.0540. The lowest BCUT2D eigenvalue weighted by molar-refractivity contribution is 0.0593. The topological polar surface area (TPSA) is 61.3 Å². The van der Waals surface area contributed by atoms with Crippen molar-refractivity contribution in [3.63, 3.8) is 0 Å². The fourth-order valence-corrected chi connectivity index (χ4v) is 0.914. The highest BCUT2D eigenvalue weighted by molar-refractivity contribution is 5.86. The second kappa shape index (κ2) is 5.44. The number of carbonyl (C=O) groups is 1. The number of nitrogens with zero attached hydrogens (tertiary/aromatic N) is 2. The van der Waals surface area contributed by atoms with Crippen molar-refractivity contribution in [2.75, 3.05) is 7.11 Å². The number of methoxy groups -OCH3 is 1. The van der Waals surface area contributed by atoms with E-state index < -0.39 is 5.97 Å². The third kappa shape index (κ3) is 3.18. The Kier molecular flexibility index (Phi) is 4.22. The van der Waals surface area contributed by atoms with Crippen LogP contribution in [0.5, 0.6) is 5.88 Å². The summed E-state index contributed by atoms with van der Waals surface area (Å²) < 4.78 is 10.0. The summed E-state index contributed by atoms with van der Waals surface area (Å²) in [6.07, 6.45) is 2.82. The molecule has 1 heterocycles. The molecule has 0 aliphatic carbocycles. The molecule has 1 aromatic heterocycles. The number of hydrogen-bond acceptors (Lipinski definition) is 5. The van der Waals surface area contributed by atoms with Gasteiger partial charge in [0, 0.05) is 0 Å². The molecule has 0 fully saturated rings. The van der Waals surface area contributed by atoms with Gasteiger partial charge in [0.1, 0.15) is 0 Å². The maximum atomic E-state index is 11.1. The van der Waals surface area contributed by atoms with Gasteiger partial charge in [0.15, 0.2) is 5.69 Å². The lowest BCUT2D eigenvalue weighted by Gasteiger charge is -2.16. The zero-order valence-electron chi connectivity index (χ0n) is 9.93. The SMILES string of the molecule is COC(=O)c1cnc(OC(C)C(C)C)cn1. The molecule has 0 amide bonds. The molecular formula is C11H16N2O3. The number of aromatic nitrogens is 2. The summed E-state index contributed by atoms with van der Waals surface area (Å²) >= 11 is 0. The fraction of sp³-hybridized carbons (Fsp3) is 0.545. The van der Waals surface area contributed by atoms with Crippen LogP contribution >= 0.6 is 0 Å². The van der Waals surface area contributed by atoms with E-state index in [2.05, 4.69) is 28.6 Å². The highest BCUT2D eigenvalue weighted by Gasteiger charge is 2.11. The molecule has 1 atom stereocenters. The molecule has 0 aromatic carbocycles. The van der Waals surface area contributed by atoms with Crippen LogP contribution in [-0.4, -0.2) is 29.2 Å². The molecule has 5 heteroatoms. The van der Waals surface area contributed by atoms with E-state index in [1.807, 2.05) is 6.92 Å². The van der Waals surface area contributed by atoms with Gasteiger partial charge < -0.3 is 9.47 Å². The summed E-state index contributed by atoms with van der Waals surface area (Å²) in [5.41, 5.74) is 0.173. The van der Waals surface area contributed by atoms with Gasteiger partial charge in [-0.25, -0.2) is 14.8 Å². The predicted octanol–water partition coefficient (Wildman–Crippen LogP) is 1.69. The smallest absolute Gasteiger partial charge is 0.358 e. The van der Waals surface area contributed by atoms with Crippen LogP contribution in [0.4, 0.5) is 0 Å². The zero-order chi connectivity index (χ0) is 12.1. The first-order chi connectivity index (χ1) is 7.54. The molecule has 5 nitrogen and oxygen atoms in total. The first-order valence-electron chi connectivity index (χ1n) is 5.11. The van der Waals surface area contributed by atoms with Crippen LogP contribution in [0.2, 0.25) is 0 Å². The van der Waals surface area contributed by atoms with Crippen LogP contribution < -0.4 is 4.74 Å². The Hall–Kier alpha value is -1.65. The Bertz CT molecular complexity index is 349. The molecule has 0 saturated carbocycles. The molecule has 0 aliphatic heterocycles. The summed E-state index contributed by atoms with van der Waals surface area (Å²) in [4.78, 5) is 19.0. The molecule has 88 valence electrons. The standard InChI is InChI=1S/C11H16N2O3/c1-7(2)8(3)16-10-6-12-9(5-13-10)11(14)15-4/h5-8H,1-4H3. The van der Waals surface area contributed by atoms with Crippen molar-refractivity contribution in [1.82, 2.24) is 9.97 Å². The van der Waals surface area contributed by atoms with Gasteiger partial charge in [0.2, 0.25) is 5.88 Å². The maximum absolute atomic E-state index is 11.1. The van der Waals surface area contributed by atoms with E-state index in [1.54, 1.807) is 0 Å². The van der Waals surface area contributed by atoms with Crippen molar-refractivity contribution in [3.05, 3.63) is 18.1 Å². The van der Waals surface area contributed by atoms with E-state index in [4.69, 9.17) is 4.74 Å². The third-order valence-corrected chi connectivity index (χ3v) is 2.27. The Balaban J connectivity index is 2.68. The molecule has 0 bridgehead atoms. The molecule has 0 aliphatic rings. The van der Waals surface area contributed by atoms with Gasteiger partial charge in [-0.15, -0.1) is 0 Å². The highest BCUT2D eigenvalue weighted by atomic mass is 16.5. The Labute approximate surface area is 94.8 Å². The summed E-state index contributed by atoms with van der Waals surface area (Å²) in [5.74, 6) is 0.298. The number of rotatable bonds is 4. The zero-order valence-corrected chi connectivity index (χ0v) is 9.93.